The van der Waals surface area contributed by atoms with Gasteiger partial charge in [0.2, 0.25) is 0 Å². The van der Waals surface area contributed by atoms with Crippen LogP contribution in [0, 0.1) is 0 Å². The van der Waals surface area contributed by atoms with E-state index in [1.54, 1.807) is 59.1 Å². The minimum absolute atomic E-state index is 0.128. The molecule has 1 N–H and O–H groups in total. The van der Waals surface area contributed by atoms with Gasteiger partial charge in [0.1, 0.15) is 24.0 Å². The molecule has 1 aromatic rings. The minimum atomic E-state index is -0.784. The van der Waals surface area contributed by atoms with Gasteiger partial charge in [-0.15, -0.1) is 0 Å². The molecule has 0 bridgehead atoms. The molecule has 1 rings (SSSR count). The smallest absolute Gasteiger partial charge is 0.408 e. The summed E-state index contributed by atoms with van der Waals surface area (Å²) in [5.41, 5.74) is 0.218. The number of hydrogen-bond donors (Lipinski definition) is 1. The van der Waals surface area contributed by atoms with Crippen LogP contribution < -0.4 is 10.1 Å². The molecule has 0 fully saturated rings. The van der Waals surface area contributed by atoms with Crippen LogP contribution in [0.1, 0.15) is 33.3 Å². The highest BCUT2D eigenvalue weighted by atomic mass is 16.6. The van der Waals surface area contributed by atoms with Crippen LogP contribution in [0.5, 0.6) is 5.75 Å². The molecule has 0 aliphatic rings. The molecular weight excluding hydrogens is 286 g/mol. The zero-order valence-electron chi connectivity index (χ0n) is 13.6. The first kappa shape index (κ1) is 17.8. The maximum Gasteiger partial charge on any atom is 0.408 e. The summed E-state index contributed by atoms with van der Waals surface area (Å²) < 4.78 is 15.3. The average molecular weight is 309 g/mol. The predicted octanol–water partition coefficient (Wildman–Crippen LogP) is 2.65. The van der Waals surface area contributed by atoms with Crippen molar-refractivity contribution in [1.82, 2.24) is 5.32 Å². The SMILES string of the molecule is COc1ccc(COC(=O)[C@H](C)NC(=O)OC(C)(C)C)cc1. The summed E-state index contributed by atoms with van der Waals surface area (Å²) in [7, 11) is 1.58. The molecule has 0 saturated heterocycles. The van der Waals surface area contributed by atoms with Crippen molar-refractivity contribution in [3.8, 4) is 5.75 Å². The molecule has 0 saturated carbocycles. The van der Waals surface area contributed by atoms with Crippen LogP contribution in [-0.2, 0) is 20.9 Å². The molecule has 0 unspecified atom stereocenters. The number of amides is 1. The number of nitrogens with one attached hydrogen (secondary N) is 1. The highest BCUT2D eigenvalue weighted by molar-refractivity contribution is 5.81. The zero-order chi connectivity index (χ0) is 16.8. The molecule has 0 heterocycles. The van der Waals surface area contributed by atoms with Crippen molar-refractivity contribution >= 4 is 12.1 Å². The molecular formula is C16H23NO5. The number of benzene rings is 1. The van der Waals surface area contributed by atoms with E-state index in [0.717, 1.165) is 11.3 Å². The van der Waals surface area contributed by atoms with Crippen molar-refractivity contribution in [3.05, 3.63) is 29.8 Å². The maximum absolute atomic E-state index is 11.8. The Morgan fingerprint density at radius 2 is 1.77 bits per heavy atom. The number of carbonyl (C=O) groups excluding carboxylic acids is 2. The van der Waals surface area contributed by atoms with E-state index in [1.807, 2.05) is 0 Å². The second kappa shape index (κ2) is 7.68. The molecule has 0 aliphatic carbocycles. The number of carbonyl (C=O) groups is 2. The number of ether oxygens (including phenoxy) is 3. The Labute approximate surface area is 130 Å². The third-order valence-corrected chi connectivity index (χ3v) is 2.63. The van der Waals surface area contributed by atoms with E-state index < -0.39 is 23.7 Å². The van der Waals surface area contributed by atoms with E-state index in [9.17, 15) is 9.59 Å². The number of rotatable bonds is 5. The second-order valence-electron chi connectivity index (χ2n) is 5.82. The minimum Gasteiger partial charge on any atom is -0.497 e. The van der Waals surface area contributed by atoms with Crippen LogP contribution in [0.25, 0.3) is 0 Å². The van der Waals surface area contributed by atoms with E-state index in [1.165, 1.54) is 0 Å². The highest BCUT2D eigenvalue weighted by Gasteiger charge is 2.21. The van der Waals surface area contributed by atoms with E-state index in [-0.39, 0.29) is 6.61 Å². The van der Waals surface area contributed by atoms with E-state index in [4.69, 9.17) is 14.2 Å². The lowest BCUT2D eigenvalue weighted by Gasteiger charge is -2.21. The third kappa shape index (κ3) is 6.47. The predicted molar refractivity (Wildman–Crippen MR) is 81.6 cm³/mol. The van der Waals surface area contributed by atoms with Gasteiger partial charge in [0.05, 0.1) is 7.11 Å². The average Bonchev–Trinajstić information content (AvgIpc) is 2.43. The van der Waals surface area contributed by atoms with Gasteiger partial charge < -0.3 is 19.5 Å². The molecule has 1 atom stereocenters. The summed E-state index contributed by atoms with van der Waals surface area (Å²) >= 11 is 0. The van der Waals surface area contributed by atoms with Gasteiger partial charge in [0, 0.05) is 0 Å². The summed E-state index contributed by atoms with van der Waals surface area (Å²) in [5, 5.41) is 2.44. The summed E-state index contributed by atoms with van der Waals surface area (Å²) in [6.07, 6.45) is -0.651. The Hall–Kier alpha value is -2.24. The lowest BCUT2D eigenvalue weighted by Crippen LogP contribution is -2.42. The summed E-state index contributed by atoms with van der Waals surface area (Å²) in [6.45, 7) is 6.92. The molecule has 0 aromatic heterocycles. The van der Waals surface area contributed by atoms with E-state index >= 15 is 0 Å². The van der Waals surface area contributed by atoms with Crippen LogP contribution in [0.15, 0.2) is 24.3 Å². The Balaban J connectivity index is 2.42. The molecule has 0 spiro atoms. The number of alkyl carbamates (subject to hydrolysis) is 1. The zero-order valence-corrected chi connectivity index (χ0v) is 13.6. The second-order valence-corrected chi connectivity index (χ2v) is 5.82. The summed E-state index contributed by atoms with van der Waals surface area (Å²) in [6, 6.07) is 6.39. The molecule has 1 aromatic carbocycles. The van der Waals surface area contributed by atoms with E-state index in [0.29, 0.717) is 0 Å². The van der Waals surface area contributed by atoms with Gasteiger partial charge in [0.15, 0.2) is 0 Å². The van der Waals surface area contributed by atoms with Crippen molar-refractivity contribution in [2.45, 2.75) is 45.9 Å². The van der Waals surface area contributed by atoms with Crippen molar-refractivity contribution in [1.29, 1.82) is 0 Å². The van der Waals surface area contributed by atoms with Gasteiger partial charge in [-0.2, -0.15) is 0 Å². The highest BCUT2D eigenvalue weighted by Crippen LogP contribution is 2.12. The topological polar surface area (TPSA) is 73.9 Å². The molecule has 6 heteroatoms. The fourth-order valence-electron chi connectivity index (χ4n) is 1.54. The number of hydrogen-bond acceptors (Lipinski definition) is 5. The summed E-state index contributed by atoms with van der Waals surface area (Å²) in [5.74, 6) is 0.205. The van der Waals surface area contributed by atoms with Crippen molar-refractivity contribution in [3.63, 3.8) is 0 Å². The maximum atomic E-state index is 11.8. The number of esters is 1. The van der Waals surface area contributed by atoms with Gasteiger partial charge in [-0.3, -0.25) is 0 Å². The van der Waals surface area contributed by atoms with Gasteiger partial charge in [-0.25, -0.2) is 9.59 Å². The normalized spacial score (nSPS) is 12.2. The van der Waals surface area contributed by atoms with Crippen LogP contribution in [0.2, 0.25) is 0 Å². The molecule has 0 aliphatic heterocycles. The van der Waals surface area contributed by atoms with Crippen LogP contribution in [0.4, 0.5) is 4.79 Å². The van der Waals surface area contributed by atoms with Crippen LogP contribution in [0.3, 0.4) is 0 Å². The molecule has 122 valence electrons. The largest absolute Gasteiger partial charge is 0.497 e. The Bertz CT molecular complexity index is 504. The van der Waals surface area contributed by atoms with Crippen molar-refractivity contribution in [2.75, 3.05) is 7.11 Å². The molecule has 22 heavy (non-hydrogen) atoms. The quantitative estimate of drug-likeness (QED) is 0.846. The van der Waals surface area contributed by atoms with Crippen molar-refractivity contribution < 1.29 is 23.8 Å². The monoisotopic (exact) mass is 309 g/mol. The lowest BCUT2D eigenvalue weighted by molar-refractivity contribution is -0.147. The first-order valence-electron chi connectivity index (χ1n) is 7.00. The van der Waals surface area contributed by atoms with Gasteiger partial charge >= 0.3 is 12.1 Å². The Morgan fingerprint density at radius 3 is 2.27 bits per heavy atom. The van der Waals surface area contributed by atoms with Gasteiger partial charge in [-0.1, -0.05) is 12.1 Å². The molecule has 1 amide bonds. The fraction of sp³-hybridized carbons (Fsp3) is 0.500. The van der Waals surface area contributed by atoms with Gasteiger partial charge in [-0.05, 0) is 45.4 Å². The summed E-state index contributed by atoms with van der Waals surface area (Å²) in [4.78, 5) is 23.4. The lowest BCUT2D eigenvalue weighted by atomic mass is 10.2. The van der Waals surface area contributed by atoms with Crippen LogP contribution >= 0.6 is 0 Å². The molecule has 6 nitrogen and oxygen atoms in total. The number of methoxy groups -OCH3 is 1. The van der Waals surface area contributed by atoms with Gasteiger partial charge in [0.25, 0.3) is 0 Å². The first-order valence-corrected chi connectivity index (χ1v) is 7.00. The van der Waals surface area contributed by atoms with Crippen LogP contribution in [-0.4, -0.2) is 30.8 Å². The Kier molecular flexibility index (Phi) is 6.22. The van der Waals surface area contributed by atoms with E-state index in [2.05, 4.69) is 5.32 Å². The third-order valence-electron chi connectivity index (χ3n) is 2.63. The van der Waals surface area contributed by atoms with Crippen molar-refractivity contribution in [2.24, 2.45) is 0 Å². The first-order chi connectivity index (χ1) is 10.2. The standard InChI is InChI=1S/C16H23NO5/c1-11(17-15(19)22-16(2,3)4)14(18)21-10-12-6-8-13(20-5)9-7-12/h6-9,11H,10H2,1-5H3,(H,17,19)/t11-/m0/s1. The fourth-order valence-corrected chi connectivity index (χ4v) is 1.54. The molecule has 0 radical (unpaired) electrons. The Morgan fingerprint density at radius 1 is 1.18 bits per heavy atom.